The number of ether oxygens (including phenoxy) is 1. The summed E-state index contributed by atoms with van der Waals surface area (Å²) < 4.78 is 4.33. The fraction of sp³-hybridized carbons (Fsp3) is 0.286. The van der Waals surface area contributed by atoms with Crippen molar-refractivity contribution in [1.82, 2.24) is 0 Å². The number of rotatable bonds is 4. The van der Waals surface area contributed by atoms with Gasteiger partial charge in [-0.15, -0.1) is 0 Å². The van der Waals surface area contributed by atoms with E-state index in [1.165, 1.54) is 0 Å². The van der Waals surface area contributed by atoms with Crippen molar-refractivity contribution in [2.45, 2.75) is 13.3 Å². The topological polar surface area (TPSA) is 101 Å². The van der Waals surface area contributed by atoms with Gasteiger partial charge in [-0.1, -0.05) is 0 Å². The van der Waals surface area contributed by atoms with Crippen LogP contribution in [0.4, 0.5) is 0 Å². The second-order valence-electron chi connectivity index (χ2n) is 2.11. The molecular formula is C7H8O6. The molecule has 0 aromatic heterocycles. The number of hydrogen-bond acceptors (Lipinski definition) is 4. The standard InChI is InChI=1S/C7H8O6/c1-4(8)13-5(2-6(9)10)3-7(11)12/h2H,3H2,1H3,(H,9,10)(H,11,12)/b5-2-. The van der Waals surface area contributed by atoms with Gasteiger partial charge in [0.1, 0.15) is 12.2 Å². The van der Waals surface area contributed by atoms with E-state index in [1.807, 2.05) is 0 Å². The highest BCUT2D eigenvalue weighted by molar-refractivity contribution is 5.83. The average Bonchev–Trinajstić information content (AvgIpc) is 1.80. The molecule has 0 aliphatic rings. The maximum Gasteiger partial charge on any atom is 0.331 e. The van der Waals surface area contributed by atoms with Crippen LogP contribution in [-0.2, 0) is 19.1 Å². The maximum absolute atomic E-state index is 10.4. The average molecular weight is 188 g/mol. The number of carboxylic acids is 2. The summed E-state index contributed by atoms with van der Waals surface area (Å²) in [6, 6.07) is 0. The molecule has 0 saturated carbocycles. The van der Waals surface area contributed by atoms with Gasteiger partial charge in [-0.2, -0.15) is 0 Å². The molecule has 72 valence electrons. The molecule has 0 aliphatic heterocycles. The van der Waals surface area contributed by atoms with E-state index in [9.17, 15) is 14.4 Å². The van der Waals surface area contributed by atoms with Gasteiger partial charge in [0.25, 0.3) is 0 Å². The lowest BCUT2D eigenvalue weighted by Gasteiger charge is -2.01. The summed E-state index contributed by atoms with van der Waals surface area (Å²) in [4.78, 5) is 30.6. The van der Waals surface area contributed by atoms with E-state index >= 15 is 0 Å². The van der Waals surface area contributed by atoms with Gasteiger partial charge in [0.15, 0.2) is 0 Å². The normalized spacial score (nSPS) is 10.7. The van der Waals surface area contributed by atoms with Crippen LogP contribution >= 0.6 is 0 Å². The number of hydrogen-bond donors (Lipinski definition) is 2. The van der Waals surface area contributed by atoms with Crippen LogP contribution in [0.25, 0.3) is 0 Å². The zero-order valence-electron chi connectivity index (χ0n) is 6.81. The molecule has 0 amide bonds. The first-order valence-corrected chi connectivity index (χ1v) is 3.25. The Bertz CT molecular complexity index is 246. The Balaban J connectivity index is 4.45. The Labute approximate surface area is 73.4 Å². The highest BCUT2D eigenvalue weighted by Crippen LogP contribution is 2.03. The van der Waals surface area contributed by atoms with Crippen molar-refractivity contribution in [3.05, 3.63) is 11.8 Å². The van der Waals surface area contributed by atoms with Crippen LogP contribution in [0, 0.1) is 0 Å². The molecule has 0 heterocycles. The maximum atomic E-state index is 10.4. The van der Waals surface area contributed by atoms with Gasteiger partial charge in [-0.05, 0) is 0 Å². The van der Waals surface area contributed by atoms with Crippen molar-refractivity contribution in [3.8, 4) is 0 Å². The molecule has 0 bridgehead atoms. The van der Waals surface area contributed by atoms with Crippen LogP contribution in [0.1, 0.15) is 13.3 Å². The van der Waals surface area contributed by atoms with Gasteiger partial charge >= 0.3 is 17.9 Å². The van der Waals surface area contributed by atoms with Crippen LogP contribution in [0.5, 0.6) is 0 Å². The number of aliphatic carboxylic acids is 2. The summed E-state index contributed by atoms with van der Waals surface area (Å²) >= 11 is 0. The number of esters is 1. The second-order valence-corrected chi connectivity index (χ2v) is 2.11. The molecule has 0 aromatic carbocycles. The van der Waals surface area contributed by atoms with Gasteiger partial charge in [0.05, 0.1) is 6.08 Å². The first-order valence-electron chi connectivity index (χ1n) is 3.25. The molecule has 13 heavy (non-hydrogen) atoms. The molecule has 0 unspecified atom stereocenters. The third-order valence-corrected chi connectivity index (χ3v) is 0.885. The summed E-state index contributed by atoms with van der Waals surface area (Å²) in [6.45, 7) is 1.05. The summed E-state index contributed by atoms with van der Waals surface area (Å²) in [6.07, 6.45) is -0.0958. The molecule has 0 spiro atoms. The van der Waals surface area contributed by atoms with E-state index < -0.39 is 30.1 Å². The minimum absolute atomic E-state index is 0.396. The lowest BCUT2D eigenvalue weighted by atomic mass is 10.3. The first kappa shape index (κ1) is 11.2. The van der Waals surface area contributed by atoms with E-state index in [2.05, 4.69) is 4.74 Å². The smallest absolute Gasteiger partial charge is 0.331 e. The molecule has 0 rings (SSSR count). The zero-order chi connectivity index (χ0) is 10.4. The van der Waals surface area contributed by atoms with E-state index in [0.717, 1.165) is 6.92 Å². The third-order valence-electron chi connectivity index (χ3n) is 0.885. The predicted octanol–water partition coefficient (Wildman–Crippen LogP) is -0.00730. The van der Waals surface area contributed by atoms with Crippen molar-refractivity contribution in [3.63, 3.8) is 0 Å². The summed E-state index contributed by atoms with van der Waals surface area (Å²) in [7, 11) is 0. The minimum Gasteiger partial charge on any atom is -0.481 e. The van der Waals surface area contributed by atoms with E-state index in [1.54, 1.807) is 0 Å². The monoisotopic (exact) mass is 188 g/mol. The van der Waals surface area contributed by atoms with Gasteiger partial charge in [0, 0.05) is 6.92 Å². The Kier molecular flexibility index (Phi) is 4.21. The van der Waals surface area contributed by atoms with E-state index in [-0.39, 0.29) is 0 Å². The van der Waals surface area contributed by atoms with Crippen molar-refractivity contribution in [1.29, 1.82) is 0 Å². The highest BCUT2D eigenvalue weighted by atomic mass is 16.5. The summed E-state index contributed by atoms with van der Waals surface area (Å²) in [5.74, 6) is -3.78. The van der Waals surface area contributed by atoms with Crippen molar-refractivity contribution in [2.75, 3.05) is 0 Å². The van der Waals surface area contributed by atoms with Crippen LogP contribution < -0.4 is 0 Å². The Morgan fingerprint density at radius 3 is 2.15 bits per heavy atom. The first-order chi connectivity index (χ1) is 5.91. The van der Waals surface area contributed by atoms with Crippen molar-refractivity contribution in [2.24, 2.45) is 0 Å². The fourth-order valence-electron chi connectivity index (χ4n) is 0.588. The fourth-order valence-corrected chi connectivity index (χ4v) is 0.588. The molecule has 0 fully saturated rings. The van der Waals surface area contributed by atoms with Crippen LogP contribution in [0.3, 0.4) is 0 Å². The van der Waals surface area contributed by atoms with Crippen LogP contribution in [0.2, 0.25) is 0 Å². The summed E-state index contributed by atoms with van der Waals surface area (Å²) in [5, 5.41) is 16.5. The number of carbonyl (C=O) groups excluding carboxylic acids is 1. The van der Waals surface area contributed by atoms with Gasteiger partial charge in [0.2, 0.25) is 0 Å². The SMILES string of the molecule is CC(=O)O/C(=C\C(=O)O)CC(=O)O. The van der Waals surface area contributed by atoms with Crippen LogP contribution in [0.15, 0.2) is 11.8 Å². The number of carbonyl (C=O) groups is 3. The molecule has 6 heteroatoms. The zero-order valence-corrected chi connectivity index (χ0v) is 6.81. The third kappa shape index (κ3) is 6.54. The highest BCUT2D eigenvalue weighted by Gasteiger charge is 2.09. The van der Waals surface area contributed by atoms with Gasteiger partial charge in [-0.25, -0.2) is 4.79 Å². The molecule has 2 N–H and O–H groups in total. The molecule has 0 radical (unpaired) electrons. The molecule has 6 nitrogen and oxygen atoms in total. The molecule has 0 saturated heterocycles. The van der Waals surface area contributed by atoms with Crippen molar-refractivity contribution >= 4 is 17.9 Å². The Hall–Kier alpha value is -1.85. The van der Waals surface area contributed by atoms with Crippen molar-refractivity contribution < 1.29 is 29.3 Å². The molecule has 0 aliphatic carbocycles. The number of carboxylic acid groups (broad SMARTS) is 2. The second kappa shape index (κ2) is 4.91. The van der Waals surface area contributed by atoms with Crippen LogP contribution in [-0.4, -0.2) is 28.1 Å². The molecule has 0 atom stereocenters. The van der Waals surface area contributed by atoms with Gasteiger partial charge < -0.3 is 14.9 Å². The van der Waals surface area contributed by atoms with Gasteiger partial charge in [-0.3, -0.25) is 9.59 Å². The van der Waals surface area contributed by atoms with E-state index in [0.29, 0.717) is 6.08 Å². The van der Waals surface area contributed by atoms with E-state index in [4.69, 9.17) is 10.2 Å². The predicted molar refractivity (Wildman–Crippen MR) is 39.7 cm³/mol. The Morgan fingerprint density at radius 2 is 1.85 bits per heavy atom. The molecular weight excluding hydrogens is 180 g/mol. The molecule has 0 aromatic rings. The summed E-state index contributed by atoms with van der Waals surface area (Å²) in [5.41, 5.74) is 0. The minimum atomic E-state index is -1.36. The lowest BCUT2D eigenvalue weighted by Crippen LogP contribution is -2.06. The Morgan fingerprint density at radius 1 is 1.31 bits per heavy atom. The lowest BCUT2D eigenvalue weighted by molar-refractivity contribution is -0.140. The quantitative estimate of drug-likeness (QED) is 0.365. The largest absolute Gasteiger partial charge is 0.481 e.